The number of aryl methyl sites for hydroxylation is 2. The number of amides is 1. The first kappa shape index (κ1) is 19.7. The van der Waals surface area contributed by atoms with E-state index in [0.29, 0.717) is 24.0 Å². The third kappa shape index (κ3) is 3.43. The number of benzene rings is 1. The van der Waals surface area contributed by atoms with Gasteiger partial charge in [0, 0.05) is 29.7 Å². The molecule has 4 aromatic rings. The SMILES string of the molecule is Cc1c2cnn(-c3ccccc3)c(=O)c2c(C)n1[C@@H](C)C(=O)NCCc1ccco1. The third-order valence-corrected chi connectivity index (χ3v) is 5.47. The number of nitrogens with one attached hydrogen (secondary N) is 1. The lowest BCUT2D eigenvalue weighted by atomic mass is 10.2. The average Bonchev–Trinajstić information content (AvgIpc) is 3.35. The Morgan fingerprint density at radius 1 is 1.13 bits per heavy atom. The van der Waals surface area contributed by atoms with Crippen LogP contribution in [0.5, 0.6) is 0 Å². The summed E-state index contributed by atoms with van der Waals surface area (Å²) < 4.78 is 8.60. The highest BCUT2D eigenvalue weighted by atomic mass is 16.3. The fourth-order valence-corrected chi connectivity index (χ4v) is 3.94. The molecule has 0 radical (unpaired) electrons. The molecule has 4 rings (SSSR count). The lowest BCUT2D eigenvalue weighted by Gasteiger charge is -2.18. The third-order valence-electron chi connectivity index (χ3n) is 5.47. The summed E-state index contributed by atoms with van der Waals surface area (Å²) in [6.45, 7) is 6.11. The number of furan rings is 1. The maximum Gasteiger partial charge on any atom is 0.281 e. The molecular formula is C23H24N4O3. The van der Waals surface area contributed by atoms with Crippen molar-refractivity contribution in [2.24, 2.45) is 0 Å². The molecule has 3 aromatic heterocycles. The zero-order valence-corrected chi connectivity index (χ0v) is 17.3. The molecule has 0 saturated carbocycles. The summed E-state index contributed by atoms with van der Waals surface area (Å²) in [4.78, 5) is 26.0. The lowest BCUT2D eigenvalue weighted by molar-refractivity contribution is -0.123. The molecule has 1 aromatic carbocycles. The fraction of sp³-hybridized carbons (Fsp3) is 0.261. The van der Waals surface area contributed by atoms with Gasteiger partial charge in [-0.15, -0.1) is 0 Å². The first-order valence-electron chi connectivity index (χ1n) is 9.94. The Balaban J connectivity index is 1.65. The van der Waals surface area contributed by atoms with E-state index in [1.807, 2.05) is 67.8 Å². The van der Waals surface area contributed by atoms with E-state index in [-0.39, 0.29) is 11.5 Å². The molecule has 0 aliphatic carbocycles. The van der Waals surface area contributed by atoms with Gasteiger partial charge in [-0.2, -0.15) is 9.78 Å². The van der Waals surface area contributed by atoms with Crippen molar-refractivity contribution in [1.29, 1.82) is 0 Å². The van der Waals surface area contributed by atoms with Crippen LogP contribution in [0.25, 0.3) is 16.5 Å². The van der Waals surface area contributed by atoms with Gasteiger partial charge in [-0.25, -0.2) is 0 Å². The van der Waals surface area contributed by atoms with Crippen molar-refractivity contribution in [1.82, 2.24) is 19.7 Å². The van der Waals surface area contributed by atoms with Crippen LogP contribution in [0.3, 0.4) is 0 Å². The van der Waals surface area contributed by atoms with E-state index in [1.54, 1.807) is 12.5 Å². The molecule has 30 heavy (non-hydrogen) atoms. The van der Waals surface area contributed by atoms with Gasteiger partial charge in [0.15, 0.2) is 0 Å². The molecule has 0 aliphatic rings. The van der Waals surface area contributed by atoms with Crippen LogP contribution in [0.4, 0.5) is 0 Å². The zero-order valence-electron chi connectivity index (χ0n) is 17.3. The van der Waals surface area contributed by atoms with Crippen molar-refractivity contribution >= 4 is 16.7 Å². The summed E-state index contributed by atoms with van der Waals surface area (Å²) in [5.74, 6) is 0.721. The van der Waals surface area contributed by atoms with E-state index >= 15 is 0 Å². The normalized spacial score (nSPS) is 12.2. The van der Waals surface area contributed by atoms with Gasteiger partial charge in [0.1, 0.15) is 11.8 Å². The monoisotopic (exact) mass is 404 g/mol. The molecule has 1 amide bonds. The van der Waals surface area contributed by atoms with Crippen molar-refractivity contribution in [3.05, 3.63) is 82.4 Å². The Morgan fingerprint density at radius 2 is 1.90 bits per heavy atom. The largest absolute Gasteiger partial charge is 0.469 e. The second-order valence-corrected chi connectivity index (χ2v) is 7.32. The molecule has 0 spiro atoms. The van der Waals surface area contributed by atoms with Gasteiger partial charge >= 0.3 is 0 Å². The number of rotatable bonds is 6. The second kappa shape index (κ2) is 8.02. The number of hydrogen-bond donors (Lipinski definition) is 1. The topological polar surface area (TPSA) is 82.1 Å². The predicted molar refractivity (Wildman–Crippen MR) is 115 cm³/mol. The van der Waals surface area contributed by atoms with Crippen molar-refractivity contribution in [2.45, 2.75) is 33.2 Å². The quantitative estimate of drug-likeness (QED) is 0.534. The van der Waals surface area contributed by atoms with E-state index in [4.69, 9.17) is 4.42 Å². The number of para-hydroxylation sites is 1. The second-order valence-electron chi connectivity index (χ2n) is 7.32. The number of nitrogens with zero attached hydrogens (tertiary/aromatic N) is 3. The predicted octanol–water partition coefficient (Wildman–Crippen LogP) is 3.32. The van der Waals surface area contributed by atoms with Crippen LogP contribution >= 0.6 is 0 Å². The zero-order chi connectivity index (χ0) is 21.3. The Labute approximate surface area is 173 Å². The molecule has 154 valence electrons. The molecule has 0 unspecified atom stereocenters. The molecule has 7 nitrogen and oxygen atoms in total. The summed E-state index contributed by atoms with van der Waals surface area (Å²) >= 11 is 0. The molecule has 0 saturated heterocycles. The molecule has 0 fully saturated rings. The summed E-state index contributed by atoms with van der Waals surface area (Å²) in [5.41, 5.74) is 2.12. The van der Waals surface area contributed by atoms with Crippen LogP contribution in [0.1, 0.15) is 30.1 Å². The van der Waals surface area contributed by atoms with Crippen LogP contribution in [0.15, 0.2) is 64.1 Å². The minimum Gasteiger partial charge on any atom is -0.469 e. The number of hydrogen-bond acceptors (Lipinski definition) is 4. The van der Waals surface area contributed by atoms with Crippen LogP contribution in [-0.4, -0.2) is 26.8 Å². The van der Waals surface area contributed by atoms with E-state index in [0.717, 1.165) is 22.5 Å². The average molecular weight is 404 g/mol. The van der Waals surface area contributed by atoms with Gasteiger partial charge in [-0.05, 0) is 45.0 Å². The van der Waals surface area contributed by atoms with Crippen molar-refractivity contribution < 1.29 is 9.21 Å². The van der Waals surface area contributed by atoms with E-state index in [9.17, 15) is 9.59 Å². The standard InChI is InChI=1S/C23H24N4O3/c1-15-20-14-25-27(18-8-5-4-6-9-18)23(29)21(20)16(2)26(15)17(3)22(28)24-12-11-19-10-7-13-30-19/h4-10,13-14,17H,11-12H2,1-3H3,(H,24,28)/t17-/m0/s1. The summed E-state index contributed by atoms with van der Waals surface area (Å²) in [6, 6.07) is 12.6. The Bertz CT molecular complexity index is 1240. The maximum atomic E-state index is 13.2. The van der Waals surface area contributed by atoms with Crippen LogP contribution in [0, 0.1) is 13.8 Å². The fourth-order valence-electron chi connectivity index (χ4n) is 3.94. The minimum atomic E-state index is -0.460. The summed E-state index contributed by atoms with van der Waals surface area (Å²) in [7, 11) is 0. The smallest absolute Gasteiger partial charge is 0.281 e. The van der Waals surface area contributed by atoms with Gasteiger partial charge in [-0.3, -0.25) is 9.59 Å². The Kier molecular flexibility index (Phi) is 5.27. The first-order chi connectivity index (χ1) is 14.5. The van der Waals surface area contributed by atoms with E-state index in [1.165, 1.54) is 4.68 Å². The van der Waals surface area contributed by atoms with Crippen molar-refractivity contribution in [2.75, 3.05) is 6.54 Å². The van der Waals surface area contributed by atoms with Gasteiger partial charge in [0.05, 0.1) is 23.5 Å². The number of fused-ring (bicyclic) bond motifs is 1. The minimum absolute atomic E-state index is 0.107. The van der Waals surface area contributed by atoms with Gasteiger partial charge in [0.25, 0.3) is 5.56 Å². The van der Waals surface area contributed by atoms with E-state index in [2.05, 4.69) is 10.4 Å². The maximum absolute atomic E-state index is 13.2. The molecule has 0 aliphatic heterocycles. The molecule has 0 bridgehead atoms. The highest BCUT2D eigenvalue weighted by Gasteiger charge is 2.23. The number of carbonyl (C=O) groups excluding carboxylic acids is 1. The lowest BCUT2D eigenvalue weighted by Crippen LogP contribution is -2.33. The molecular weight excluding hydrogens is 380 g/mol. The Hall–Kier alpha value is -3.61. The molecule has 7 heteroatoms. The van der Waals surface area contributed by atoms with Gasteiger partial charge in [0.2, 0.25) is 5.91 Å². The van der Waals surface area contributed by atoms with Gasteiger partial charge < -0.3 is 14.3 Å². The number of aromatic nitrogens is 3. The van der Waals surface area contributed by atoms with Crippen molar-refractivity contribution in [3.8, 4) is 5.69 Å². The van der Waals surface area contributed by atoms with Crippen LogP contribution in [0.2, 0.25) is 0 Å². The van der Waals surface area contributed by atoms with Crippen molar-refractivity contribution in [3.63, 3.8) is 0 Å². The highest BCUT2D eigenvalue weighted by Crippen LogP contribution is 2.26. The molecule has 3 heterocycles. The van der Waals surface area contributed by atoms with Crippen LogP contribution < -0.4 is 10.9 Å². The summed E-state index contributed by atoms with van der Waals surface area (Å²) in [6.07, 6.45) is 3.95. The molecule has 1 atom stereocenters. The van der Waals surface area contributed by atoms with Crippen LogP contribution in [-0.2, 0) is 11.2 Å². The summed E-state index contributed by atoms with van der Waals surface area (Å²) in [5, 5.41) is 8.65. The first-order valence-corrected chi connectivity index (χ1v) is 9.94. The van der Waals surface area contributed by atoms with Gasteiger partial charge in [-0.1, -0.05) is 18.2 Å². The number of carbonyl (C=O) groups is 1. The highest BCUT2D eigenvalue weighted by molar-refractivity contribution is 5.89. The van der Waals surface area contributed by atoms with E-state index < -0.39 is 6.04 Å². The Morgan fingerprint density at radius 3 is 2.60 bits per heavy atom. The molecule has 1 N–H and O–H groups in total.